The number of thiophene rings is 1. The fraction of sp³-hybridized carbons (Fsp3) is 0.160. The standard InChI is InChI=1S/C25H24N4O3S/c30-19-9-4-8-18(14-19)22(31)11-12-26-24(32)21-16-28-25(27-15-20-10-5-13-33-20)29-23(21)17-6-2-1-3-7-17/h1-10,13-14,16,22,30-31H,11-12,15H2,(H,26,32)(H,27,28,29). The van der Waals surface area contributed by atoms with Crippen LogP contribution in [-0.4, -0.2) is 32.6 Å². The van der Waals surface area contributed by atoms with Crippen LogP contribution < -0.4 is 10.6 Å². The van der Waals surface area contributed by atoms with Gasteiger partial charge in [-0.15, -0.1) is 11.3 Å². The van der Waals surface area contributed by atoms with Crippen LogP contribution in [0.2, 0.25) is 0 Å². The third kappa shape index (κ3) is 5.94. The Morgan fingerprint density at radius 2 is 1.91 bits per heavy atom. The maximum absolute atomic E-state index is 12.9. The number of nitrogens with one attached hydrogen (secondary N) is 2. The van der Waals surface area contributed by atoms with Crippen molar-refractivity contribution >= 4 is 23.2 Å². The topological polar surface area (TPSA) is 107 Å². The Morgan fingerprint density at radius 1 is 1.06 bits per heavy atom. The van der Waals surface area contributed by atoms with Crippen molar-refractivity contribution in [2.24, 2.45) is 0 Å². The van der Waals surface area contributed by atoms with E-state index in [0.717, 1.165) is 10.4 Å². The third-order valence-electron chi connectivity index (χ3n) is 5.04. The summed E-state index contributed by atoms with van der Waals surface area (Å²) in [6.07, 6.45) is 1.02. The van der Waals surface area contributed by atoms with Crippen LogP contribution in [0, 0.1) is 0 Å². The zero-order valence-corrected chi connectivity index (χ0v) is 18.6. The smallest absolute Gasteiger partial charge is 0.255 e. The molecule has 0 fully saturated rings. The van der Waals surface area contributed by atoms with Crippen molar-refractivity contribution in [3.05, 3.63) is 94.3 Å². The molecule has 7 nitrogen and oxygen atoms in total. The summed E-state index contributed by atoms with van der Waals surface area (Å²) in [6.45, 7) is 0.854. The van der Waals surface area contributed by atoms with Gasteiger partial charge in [0, 0.05) is 23.2 Å². The normalized spacial score (nSPS) is 11.7. The van der Waals surface area contributed by atoms with Crippen LogP contribution in [0.5, 0.6) is 5.75 Å². The molecule has 0 spiro atoms. The van der Waals surface area contributed by atoms with Crippen LogP contribution in [0.1, 0.15) is 33.3 Å². The van der Waals surface area contributed by atoms with E-state index < -0.39 is 6.10 Å². The van der Waals surface area contributed by atoms with Crippen LogP contribution in [-0.2, 0) is 6.54 Å². The molecule has 4 rings (SSSR count). The van der Waals surface area contributed by atoms with E-state index in [-0.39, 0.29) is 18.2 Å². The van der Waals surface area contributed by atoms with Gasteiger partial charge >= 0.3 is 0 Å². The molecule has 0 saturated heterocycles. The van der Waals surface area contributed by atoms with Gasteiger partial charge in [-0.3, -0.25) is 4.79 Å². The molecule has 1 atom stereocenters. The van der Waals surface area contributed by atoms with Crippen molar-refractivity contribution < 1.29 is 15.0 Å². The summed E-state index contributed by atoms with van der Waals surface area (Å²) in [5.41, 5.74) is 2.29. The Bertz CT molecular complexity index is 1200. The number of rotatable bonds is 9. The monoisotopic (exact) mass is 460 g/mol. The Hall–Kier alpha value is -3.75. The van der Waals surface area contributed by atoms with Crippen molar-refractivity contribution in [3.8, 4) is 17.0 Å². The molecule has 168 valence electrons. The number of aromatic nitrogens is 2. The Balaban J connectivity index is 1.46. The molecule has 33 heavy (non-hydrogen) atoms. The number of amides is 1. The van der Waals surface area contributed by atoms with E-state index in [0.29, 0.717) is 35.7 Å². The van der Waals surface area contributed by atoms with E-state index >= 15 is 0 Å². The molecule has 4 N–H and O–H groups in total. The lowest BCUT2D eigenvalue weighted by Crippen LogP contribution is -2.27. The van der Waals surface area contributed by atoms with Crippen LogP contribution >= 0.6 is 11.3 Å². The van der Waals surface area contributed by atoms with E-state index in [2.05, 4.69) is 20.6 Å². The number of phenols is 1. The molecule has 0 aliphatic rings. The average molecular weight is 461 g/mol. The molecule has 2 aromatic carbocycles. The van der Waals surface area contributed by atoms with Gasteiger partial charge in [0.2, 0.25) is 5.95 Å². The van der Waals surface area contributed by atoms with Crippen molar-refractivity contribution in [2.45, 2.75) is 19.1 Å². The summed E-state index contributed by atoms with van der Waals surface area (Å²) in [4.78, 5) is 23.0. The largest absolute Gasteiger partial charge is 0.508 e. The van der Waals surface area contributed by atoms with Gasteiger partial charge in [-0.2, -0.15) is 0 Å². The second kappa shape index (κ2) is 10.7. The van der Waals surface area contributed by atoms with Gasteiger partial charge in [0.1, 0.15) is 5.75 Å². The highest BCUT2D eigenvalue weighted by Gasteiger charge is 2.17. The number of carbonyl (C=O) groups is 1. The van der Waals surface area contributed by atoms with Gasteiger partial charge in [0.05, 0.1) is 23.9 Å². The molecular formula is C25H24N4O3S. The van der Waals surface area contributed by atoms with Crippen molar-refractivity contribution in [3.63, 3.8) is 0 Å². The highest BCUT2D eigenvalue weighted by Crippen LogP contribution is 2.23. The average Bonchev–Trinajstić information content (AvgIpc) is 3.37. The fourth-order valence-electron chi connectivity index (χ4n) is 3.34. The number of phenolic OH excluding ortho intramolecular Hbond substituents is 1. The van der Waals surface area contributed by atoms with Gasteiger partial charge in [0.15, 0.2) is 0 Å². The number of anilines is 1. The zero-order chi connectivity index (χ0) is 23.0. The molecule has 0 radical (unpaired) electrons. The highest BCUT2D eigenvalue weighted by atomic mass is 32.1. The molecule has 1 unspecified atom stereocenters. The lowest BCUT2D eigenvalue weighted by atomic mass is 10.1. The Labute approximate surface area is 195 Å². The number of hydrogen-bond acceptors (Lipinski definition) is 7. The molecule has 8 heteroatoms. The second-order valence-electron chi connectivity index (χ2n) is 7.41. The van der Waals surface area contributed by atoms with Crippen molar-refractivity contribution in [2.75, 3.05) is 11.9 Å². The summed E-state index contributed by atoms with van der Waals surface area (Å²) in [6, 6.07) is 20.0. The first-order valence-electron chi connectivity index (χ1n) is 10.5. The minimum Gasteiger partial charge on any atom is -0.508 e. The van der Waals surface area contributed by atoms with E-state index in [1.54, 1.807) is 29.5 Å². The molecule has 1 amide bonds. The summed E-state index contributed by atoms with van der Waals surface area (Å²) in [7, 11) is 0. The summed E-state index contributed by atoms with van der Waals surface area (Å²) < 4.78 is 0. The summed E-state index contributed by atoms with van der Waals surface area (Å²) in [5, 5.41) is 28.0. The van der Waals surface area contributed by atoms with E-state index in [1.165, 1.54) is 12.3 Å². The molecule has 0 aliphatic heterocycles. The number of aliphatic hydroxyl groups is 1. The quantitative estimate of drug-likeness (QED) is 0.295. The second-order valence-corrected chi connectivity index (χ2v) is 8.44. The van der Waals surface area contributed by atoms with Crippen molar-refractivity contribution in [1.29, 1.82) is 0 Å². The van der Waals surface area contributed by atoms with Crippen LogP contribution in [0.4, 0.5) is 5.95 Å². The lowest BCUT2D eigenvalue weighted by Gasteiger charge is -2.14. The van der Waals surface area contributed by atoms with E-state index in [4.69, 9.17) is 0 Å². The molecular weight excluding hydrogens is 436 g/mol. The van der Waals surface area contributed by atoms with E-state index in [1.807, 2.05) is 47.8 Å². The maximum atomic E-state index is 12.9. The molecule has 0 bridgehead atoms. The fourth-order valence-corrected chi connectivity index (χ4v) is 3.99. The molecule has 0 saturated carbocycles. The van der Waals surface area contributed by atoms with Crippen LogP contribution in [0.15, 0.2) is 78.3 Å². The third-order valence-corrected chi connectivity index (χ3v) is 5.92. The first-order valence-corrected chi connectivity index (χ1v) is 11.4. The molecule has 2 aromatic heterocycles. The number of aromatic hydroxyl groups is 1. The summed E-state index contributed by atoms with van der Waals surface area (Å²) in [5.74, 6) is 0.216. The van der Waals surface area contributed by atoms with E-state index in [9.17, 15) is 15.0 Å². The molecule has 4 aromatic rings. The lowest BCUT2D eigenvalue weighted by molar-refractivity contribution is 0.0942. The first-order chi connectivity index (χ1) is 16.1. The Morgan fingerprint density at radius 3 is 2.67 bits per heavy atom. The maximum Gasteiger partial charge on any atom is 0.255 e. The first kappa shape index (κ1) is 22.4. The predicted octanol–water partition coefficient (Wildman–Crippen LogP) is 4.38. The van der Waals surface area contributed by atoms with Gasteiger partial charge in [-0.25, -0.2) is 9.97 Å². The summed E-state index contributed by atoms with van der Waals surface area (Å²) >= 11 is 1.64. The predicted molar refractivity (Wildman–Crippen MR) is 129 cm³/mol. The zero-order valence-electron chi connectivity index (χ0n) is 17.8. The number of benzene rings is 2. The molecule has 0 aliphatic carbocycles. The molecule has 2 heterocycles. The SMILES string of the molecule is O=C(NCCC(O)c1cccc(O)c1)c1cnc(NCc2cccs2)nc1-c1ccccc1. The number of nitrogens with zero attached hydrogens (tertiary/aromatic N) is 2. The van der Waals surface area contributed by atoms with Crippen LogP contribution in [0.25, 0.3) is 11.3 Å². The minimum absolute atomic E-state index is 0.0908. The minimum atomic E-state index is -0.800. The van der Waals surface area contributed by atoms with Gasteiger partial charge in [-0.1, -0.05) is 48.5 Å². The van der Waals surface area contributed by atoms with Crippen molar-refractivity contribution in [1.82, 2.24) is 15.3 Å². The van der Waals surface area contributed by atoms with Crippen LogP contribution in [0.3, 0.4) is 0 Å². The van der Waals surface area contributed by atoms with Gasteiger partial charge < -0.3 is 20.8 Å². The Kier molecular flexibility index (Phi) is 7.29. The number of carbonyl (C=O) groups excluding carboxylic acids is 1. The number of aliphatic hydroxyl groups excluding tert-OH is 1. The number of hydrogen-bond donors (Lipinski definition) is 4. The van der Waals surface area contributed by atoms with Gasteiger partial charge in [-0.05, 0) is 35.6 Å². The van der Waals surface area contributed by atoms with Gasteiger partial charge in [0.25, 0.3) is 5.91 Å². The highest BCUT2D eigenvalue weighted by molar-refractivity contribution is 7.09.